The van der Waals surface area contributed by atoms with Crippen molar-refractivity contribution in [3.05, 3.63) is 36.2 Å². The molecule has 0 fully saturated rings. The quantitative estimate of drug-likeness (QED) is 0.841. The van der Waals surface area contributed by atoms with Gasteiger partial charge in [-0.05, 0) is 19.1 Å². The van der Waals surface area contributed by atoms with Crippen LogP contribution < -0.4 is 11.1 Å². The molecule has 2 rings (SSSR count). The van der Waals surface area contributed by atoms with Crippen molar-refractivity contribution in [2.75, 3.05) is 11.1 Å². The smallest absolute Gasteiger partial charge is 0.232 e. The standard InChI is InChI=1S/C12H13N5O/c1-8(18)7-10-15-11(13)17-12(16-10)14-9-5-3-2-4-6-9/h2-6H,7H2,1H3,(H3,13,14,15,16,17). The number of anilines is 3. The summed E-state index contributed by atoms with van der Waals surface area (Å²) in [6.07, 6.45) is 0.149. The van der Waals surface area contributed by atoms with Crippen LogP contribution >= 0.6 is 0 Å². The largest absolute Gasteiger partial charge is 0.368 e. The van der Waals surface area contributed by atoms with Crippen molar-refractivity contribution in [2.24, 2.45) is 0 Å². The molecule has 0 amide bonds. The molecule has 6 heteroatoms. The van der Waals surface area contributed by atoms with E-state index in [1.165, 1.54) is 6.92 Å². The third-order valence-corrected chi connectivity index (χ3v) is 2.14. The van der Waals surface area contributed by atoms with E-state index in [2.05, 4.69) is 20.3 Å². The fraction of sp³-hybridized carbons (Fsp3) is 0.167. The van der Waals surface area contributed by atoms with Crippen LogP contribution in [0.5, 0.6) is 0 Å². The number of rotatable bonds is 4. The number of hydrogen-bond donors (Lipinski definition) is 2. The van der Waals surface area contributed by atoms with Gasteiger partial charge in [-0.3, -0.25) is 4.79 Å². The Morgan fingerprint density at radius 2 is 1.94 bits per heavy atom. The fourth-order valence-corrected chi connectivity index (χ4v) is 1.45. The first-order valence-electron chi connectivity index (χ1n) is 5.45. The maximum atomic E-state index is 11.0. The van der Waals surface area contributed by atoms with Crippen LogP contribution in [0.2, 0.25) is 0 Å². The molecule has 1 aromatic carbocycles. The minimum atomic E-state index is -0.0220. The van der Waals surface area contributed by atoms with Crippen molar-refractivity contribution in [1.82, 2.24) is 15.0 Å². The molecule has 1 aromatic heterocycles. The highest BCUT2D eigenvalue weighted by molar-refractivity contribution is 5.77. The molecule has 92 valence electrons. The molecular formula is C12H13N5O. The van der Waals surface area contributed by atoms with E-state index in [4.69, 9.17) is 5.73 Å². The third-order valence-electron chi connectivity index (χ3n) is 2.14. The number of aromatic nitrogens is 3. The number of Topliss-reactive ketones (excluding diaryl/α,β-unsaturated/α-hetero) is 1. The lowest BCUT2D eigenvalue weighted by molar-refractivity contribution is -0.116. The Morgan fingerprint density at radius 1 is 1.22 bits per heavy atom. The number of ketones is 1. The Balaban J connectivity index is 2.23. The lowest BCUT2D eigenvalue weighted by atomic mass is 10.3. The van der Waals surface area contributed by atoms with Crippen LogP contribution in [-0.4, -0.2) is 20.7 Å². The van der Waals surface area contributed by atoms with E-state index in [9.17, 15) is 4.79 Å². The lowest BCUT2D eigenvalue weighted by Crippen LogP contribution is -2.09. The summed E-state index contributed by atoms with van der Waals surface area (Å²) in [5, 5.41) is 3.00. The zero-order valence-electron chi connectivity index (χ0n) is 9.92. The van der Waals surface area contributed by atoms with E-state index in [1.54, 1.807) is 0 Å². The topological polar surface area (TPSA) is 93.8 Å². The predicted octanol–water partition coefficient (Wildman–Crippen LogP) is 1.33. The van der Waals surface area contributed by atoms with Gasteiger partial charge in [0.1, 0.15) is 11.6 Å². The average Bonchev–Trinajstić information content (AvgIpc) is 2.28. The summed E-state index contributed by atoms with van der Waals surface area (Å²) in [7, 11) is 0. The zero-order chi connectivity index (χ0) is 13.0. The van der Waals surface area contributed by atoms with E-state index in [1.807, 2.05) is 30.3 Å². The summed E-state index contributed by atoms with van der Waals surface area (Å²) < 4.78 is 0. The van der Waals surface area contributed by atoms with Gasteiger partial charge in [0.2, 0.25) is 11.9 Å². The molecule has 0 aliphatic rings. The molecule has 2 aromatic rings. The predicted molar refractivity (Wildman–Crippen MR) is 68.3 cm³/mol. The number of carbonyl (C=O) groups excluding carboxylic acids is 1. The number of nitrogens with two attached hydrogens (primary N) is 1. The van der Waals surface area contributed by atoms with Crippen molar-refractivity contribution >= 4 is 23.4 Å². The normalized spacial score (nSPS) is 10.1. The first kappa shape index (κ1) is 12.0. The molecular weight excluding hydrogens is 230 g/mol. The van der Waals surface area contributed by atoms with Crippen molar-refractivity contribution in [3.8, 4) is 0 Å². The summed E-state index contributed by atoms with van der Waals surface area (Å²) in [4.78, 5) is 23.0. The van der Waals surface area contributed by atoms with Crippen molar-refractivity contribution < 1.29 is 4.79 Å². The van der Waals surface area contributed by atoms with E-state index >= 15 is 0 Å². The molecule has 0 saturated carbocycles. The minimum Gasteiger partial charge on any atom is -0.368 e. The molecule has 0 unspecified atom stereocenters. The van der Waals surface area contributed by atoms with Gasteiger partial charge in [-0.1, -0.05) is 18.2 Å². The van der Waals surface area contributed by atoms with E-state index in [0.717, 1.165) is 5.69 Å². The van der Waals surface area contributed by atoms with Gasteiger partial charge in [-0.25, -0.2) is 0 Å². The van der Waals surface area contributed by atoms with Gasteiger partial charge in [-0.2, -0.15) is 15.0 Å². The molecule has 3 N–H and O–H groups in total. The summed E-state index contributed by atoms with van der Waals surface area (Å²) in [6, 6.07) is 9.45. The van der Waals surface area contributed by atoms with Crippen molar-refractivity contribution in [2.45, 2.75) is 13.3 Å². The third kappa shape index (κ3) is 3.24. The van der Waals surface area contributed by atoms with E-state index in [0.29, 0.717) is 11.8 Å². The first-order valence-corrected chi connectivity index (χ1v) is 5.45. The molecule has 0 aliphatic heterocycles. The molecule has 0 spiro atoms. The highest BCUT2D eigenvalue weighted by Crippen LogP contribution is 2.12. The fourth-order valence-electron chi connectivity index (χ4n) is 1.45. The lowest BCUT2D eigenvalue weighted by Gasteiger charge is -2.06. The van der Waals surface area contributed by atoms with Gasteiger partial charge in [0.05, 0.1) is 6.42 Å². The molecule has 0 atom stereocenters. The monoisotopic (exact) mass is 243 g/mol. The van der Waals surface area contributed by atoms with Gasteiger partial charge >= 0.3 is 0 Å². The highest BCUT2D eigenvalue weighted by Gasteiger charge is 2.06. The van der Waals surface area contributed by atoms with Gasteiger partial charge in [0, 0.05) is 5.69 Å². The number of para-hydroxylation sites is 1. The highest BCUT2D eigenvalue weighted by atomic mass is 16.1. The maximum Gasteiger partial charge on any atom is 0.232 e. The van der Waals surface area contributed by atoms with E-state index < -0.39 is 0 Å². The number of hydrogen-bond acceptors (Lipinski definition) is 6. The Kier molecular flexibility index (Phi) is 3.47. The van der Waals surface area contributed by atoms with Crippen LogP contribution in [-0.2, 0) is 11.2 Å². The Bertz CT molecular complexity index is 556. The van der Waals surface area contributed by atoms with Crippen LogP contribution in [0.4, 0.5) is 17.6 Å². The van der Waals surface area contributed by atoms with Crippen molar-refractivity contribution in [1.29, 1.82) is 0 Å². The number of carbonyl (C=O) groups is 1. The SMILES string of the molecule is CC(=O)Cc1nc(N)nc(Nc2ccccc2)n1. The molecule has 6 nitrogen and oxygen atoms in total. The van der Waals surface area contributed by atoms with Crippen LogP contribution in [0.15, 0.2) is 30.3 Å². The van der Waals surface area contributed by atoms with E-state index in [-0.39, 0.29) is 18.2 Å². The van der Waals surface area contributed by atoms with Crippen molar-refractivity contribution in [3.63, 3.8) is 0 Å². The average molecular weight is 243 g/mol. The molecule has 18 heavy (non-hydrogen) atoms. The number of nitrogens with one attached hydrogen (secondary N) is 1. The zero-order valence-corrected chi connectivity index (χ0v) is 9.92. The molecule has 0 saturated heterocycles. The second kappa shape index (κ2) is 5.22. The van der Waals surface area contributed by atoms with Gasteiger partial charge in [0.15, 0.2) is 0 Å². The summed E-state index contributed by atoms with van der Waals surface area (Å²) in [5.41, 5.74) is 6.42. The van der Waals surface area contributed by atoms with Crippen LogP contribution in [0.1, 0.15) is 12.7 Å². The van der Waals surface area contributed by atoms with Gasteiger partial charge < -0.3 is 11.1 Å². The maximum absolute atomic E-state index is 11.0. The molecule has 0 bridgehead atoms. The molecule has 0 aliphatic carbocycles. The van der Waals surface area contributed by atoms with Gasteiger partial charge in [0.25, 0.3) is 0 Å². The Labute approximate surface area is 104 Å². The van der Waals surface area contributed by atoms with Crippen LogP contribution in [0.3, 0.4) is 0 Å². The number of nitrogens with zero attached hydrogens (tertiary/aromatic N) is 3. The first-order chi connectivity index (χ1) is 8.63. The Morgan fingerprint density at radius 3 is 2.61 bits per heavy atom. The number of nitrogen functional groups attached to an aromatic ring is 1. The minimum absolute atomic E-state index is 0.0220. The second-order valence-electron chi connectivity index (χ2n) is 3.80. The number of benzene rings is 1. The Hall–Kier alpha value is -2.50. The van der Waals surface area contributed by atoms with Crippen LogP contribution in [0, 0.1) is 0 Å². The van der Waals surface area contributed by atoms with Gasteiger partial charge in [-0.15, -0.1) is 0 Å². The molecule has 0 radical (unpaired) electrons. The molecule has 1 heterocycles. The summed E-state index contributed by atoms with van der Waals surface area (Å²) >= 11 is 0. The summed E-state index contributed by atoms with van der Waals surface area (Å²) in [6.45, 7) is 1.48. The second-order valence-corrected chi connectivity index (χ2v) is 3.80. The summed E-state index contributed by atoms with van der Waals surface area (Å²) in [5.74, 6) is 0.782. The van der Waals surface area contributed by atoms with Crippen LogP contribution in [0.25, 0.3) is 0 Å².